The lowest BCUT2D eigenvalue weighted by atomic mass is 9.80. The molecule has 0 amide bonds. The van der Waals surface area contributed by atoms with Crippen LogP contribution in [0.3, 0.4) is 0 Å². The number of aromatic nitrogens is 2. The first-order valence-electron chi connectivity index (χ1n) is 17.0. The van der Waals surface area contributed by atoms with Crippen molar-refractivity contribution in [2.75, 3.05) is 39.8 Å². The van der Waals surface area contributed by atoms with Crippen LogP contribution in [0.25, 0.3) is 0 Å². The van der Waals surface area contributed by atoms with Crippen molar-refractivity contribution in [2.24, 2.45) is 0 Å². The monoisotopic (exact) mass is 697 g/mol. The van der Waals surface area contributed by atoms with Gasteiger partial charge in [-0.05, 0) is 65.2 Å². The Morgan fingerprint density at radius 3 is 1.38 bits per heavy atom. The molecule has 0 bridgehead atoms. The SMILES string of the molecule is COc1ccc(O[C@H]([C@H](O)COC(c2ccccc2)(c2ccccc2)c2ccccc2)[C@H](Oc2ccc(OC)cc2)c2cnc(N(C)C)nc2)cc1. The fourth-order valence-electron chi connectivity index (χ4n) is 6.06. The summed E-state index contributed by atoms with van der Waals surface area (Å²) in [6.45, 7) is -0.140. The summed E-state index contributed by atoms with van der Waals surface area (Å²) < 4.78 is 31.2. The molecule has 266 valence electrons. The Bertz CT molecular complexity index is 1850. The summed E-state index contributed by atoms with van der Waals surface area (Å²) in [6.07, 6.45) is 0.261. The van der Waals surface area contributed by atoms with Gasteiger partial charge < -0.3 is 33.7 Å². The van der Waals surface area contributed by atoms with E-state index in [1.807, 2.05) is 122 Å². The Morgan fingerprint density at radius 2 is 0.981 bits per heavy atom. The smallest absolute Gasteiger partial charge is 0.224 e. The van der Waals surface area contributed by atoms with Crippen LogP contribution in [0, 0.1) is 0 Å². The number of hydrogen-bond acceptors (Lipinski definition) is 9. The Balaban J connectivity index is 1.44. The van der Waals surface area contributed by atoms with Crippen LogP contribution in [0.5, 0.6) is 23.0 Å². The zero-order valence-corrected chi connectivity index (χ0v) is 29.7. The van der Waals surface area contributed by atoms with Crippen LogP contribution < -0.4 is 23.8 Å². The van der Waals surface area contributed by atoms with E-state index in [0.29, 0.717) is 34.5 Å². The predicted octanol–water partition coefficient (Wildman–Crippen LogP) is 7.50. The van der Waals surface area contributed by atoms with Crippen LogP contribution in [0.15, 0.2) is 152 Å². The summed E-state index contributed by atoms with van der Waals surface area (Å²) in [7, 11) is 6.96. The molecule has 9 heteroatoms. The second-order valence-corrected chi connectivity index (χ2v) is 12.3. The Morgan fingerprint density at radius 1 is 0.577 bits per heavy atom. The standard InChI is InChI=1S/C43H43N3O6/c1-46(2)42-44-28-31(29-45-42)40(51-37-24-20-35(48-3)21-25-37)41(52-38-26-22-36(49-4)23-27-38)39(47)30-50-43(32-14-8-5-9-15-32,33-16-10-6-11-17-33)34-18-12-7-13-19-34/h5-29,39-41,47H,30H2,1-4H3/t39-,40-,41-/m1/s1. The Hall–Kier alpha value is -5.90. The topological polar surface area (TPSA) is 95.4 Å². The molecular formula is C43H43N3O6. The molecule has 0 saturated heterocycles. The number of rotatable bonds is 16. The van der Waals surface area contributed by atoms with Gasteiger partial charge in [-0.2, -0.15) is 0 Å². The average molecular weight is 698 g/mol. The maximum Gasteiger partial charge on any atom is 0.224 e. The number of benzene rings is 5. The quantitative estimate of drug-likeness (QED) is 0.103. The lowest BCUT2D eigenvalue weighted by Crippen LogP contribution is -2.45. The van der Waals surface area contributed by atoms with Crippen LogP contribution in [-0.4, -0.2) is 62.2 Å². The van der Waals surface area contributed by atoms with E-state index in [1.165, 1.54) is 0 Å². The van der Waals surface area contributed by atoms with Crippen LogP contribution in [-0.2, 0) is 10.3 Å². The van der Waals surface area contributed by atoms with Crippen molar-refractivity contribution in [3.63, 3.8) is 0 Å². The van der Waals surface area contributed by atoms with E-state index >= 15 is 0 Å². The number of nitrogens with zero attached hydrogens (tertiary/aromatic N) is 3. The molecule has 52 heavy (non-hydrogen) atoms. The maximum atomic E-state index is 12.4. The van der Waals surface area contributed by atoms with Crippen molar-refractivity contribution in [3.8, 4) is 23.0 Å². The lowest BCUT2D eigenvalue weighted by molar-refractivity contribution is -0.0974. The minimum atomic E-state index is -1.23. The van der Waals surface area contributed by atoms with E-state index in [4.69, 9.17) is 23.7 Å². The largest absolute Gasteiger partial charge is 0.497 e. The first kappa shape index (κ1) is 35.9. The number of methoxy groups -OCH3 is 2. The third-order valence-electron chi connectivity index (χ3n) is 8.73. The molecule has 0 spiro atoms. The van der Waals surface area contributed by atoms with E-state index in [9.17, 15) is 5.11 Å². The van der Waals surface area contributed by atoms with E-state index in [1.54, 1.807) is 63.0 Å². The zero-order chi connectivity index (χ0) is 36.3. The summed E-state index contributed by atoms with van der Waals surface area (Å²) in [4.78, 5) is 11.0. The minimum Gasteiger partial charge on any atom is -0.497 e. The van der Waals surface area contributed by atoms with E-state index < -0.39 is 23.9 Å². The third-order valence-corrected chi connectivity index (χ3v) is 8.73. The first-order chi connectivity index (χ1) is 25.4. The third kappa shape index (κ3) is 8.18. The van der Waals surface area contributed by atoms with Gasteiger partial charge in [-0.25, -0.2) is 9.97 Å². The fraction of sp³-hybridized carbons (Fsp3) is 0.209. The molecule has 3 atom stereocenters. The molecule has 6 rings (SSSR count). The Kier molecular flexibility index (Phi) is 11.7. The molecule has 1 heterocycles. The van der Waals surface area contributed by atoms with Crippen molar-refractivity contribution < 1.29 is 28.8 Å². The highest BCUT2D eigenvalue weighted by Crippen LogP contribution is 2.41. The first-order valence-corrected chi connectivity index (χ1v) is 17.0. The predicted molar refractivity (Wildman–Crippen MR) is 201 cm³/mol. The van der Waals surface area contributed by atoms with Crippen molar-refractivity contribution in [3.05, 3.63) is 174 Å². The van der Waals surface area contributed by atoms with Gasteiger partial charge in [-0.1, -0.05) is 91.0 Å². The molecule has 0 aliphatic heterocycles. The minimum absolute atomic E-state index is 0.140. The summed E-state index contributed by atoms with van der Waals surface area (Å²) >= 11 is 0. The maximum absolute atomic E-state index is 12.4. The van der Waals surface area contributed by atoms with Crippen molar-refractivity contribution >= 4 is 5.95 Å². The molecule has 9 nitrogen and oxygen atoms in total. The molecule has 0 saturated carbocycles. The molecule has 6 aromatic rings. The highest BCUT2D eigenvalue weighted by molar-refractivity contribution is 5.47. The van der Waals surface area contributed by atoms with Crippen molar-refractivity contribution in [1.29, 1.82) is 0 Å². The van der Waals surface area contributed by atoms with Gasteiger partial charge in [0.2, 0.25) is 5.95 Å². The number of ether oxygens (including phenoxy) is 5. The van der Waals surface area contributed by atoms with Crippen LogP contribution >= 0.6 is 0 Å². The van der Waals surface area contributed by atoms with E-state index in [-0.39, 0.29) is 6.61 Å². The zero-order valence-electron chi connectivity index (χ0n) is 29.7. The highest BCUT2D eigenvalue weighted by Gasteiger charge is 2.41. The molecule has 5 aromatic carbocycles. The van der Waals surface area contributed by atoms with Crippen LogP contribution in [0.1, 0.15) is 28.4 Å². The van der Waals surface area contributed by atoms with E-state index in [2.05, 4.69) is 9.97 Å². The molecule has 1 aromatic heterocycles. The molecule has 1 N–H and O–H groups in total. The lowest BCUT2D eigenvalue weighted by Gasteiger charge is -2.38. The molecular weight excluding hydrogens is 654 g/mol. The second-order valence-electron chi connectivity index (χ2n) is 12.3. The summed E-state index contributed by atoms with van der Waals surface area (Å²) in [5, 5.41) is 12.4. The molecule has 0 aliphatic carbocycles. The number of aliphatic hydroxyl groups is 1. The molecule has 0 aliphatic rings. The van der Waals surface area contributed by atoms with Crippen molar-refractivity contribution in [2.45, 2.75) is 23.9 Å². The number of hydrogen-bond donors (Lipinski definition) is 1. The number of anilines is 1. The van der Waals surface area contributed by atoms with Gasteiger partial charge in [0.1, 0.15) is 34.7 Å². The summed E-state index contributed by atoms with van der Waals surface area (Å²) in [5.74, 6) is 2.92. The fourth-order valence-corrected chi connectivity index (χ4v) is 6.06. The molecule has 0 radical (unpaired) electrons. The summed E-state index contributed by atoms with van der Waals surface area (Å²) in [5.41, 5.74) is 2.25. The van der Waals surface area contributed by atoms with E-state index in [0.717, 1.165) is 16.7 Å². The molecule has 0 unspecified atom stereocenters. The normalized spacial score (nSPS) is 13.0. The van der Waals surface area contributed by atoms with Crippen molar-refractivity contribution in [1.82, 2.24) is 9.97 Å². The van der Waals surface area contributed by atoms with Crippen LogP contribution in [0.2, 0.25) is 0 Å². The highest BCUT2D eigenvalue weighted by atomic mass is 16.6. The van der Waals surface area contributed by atoms with Gasteiger partial charge in [0.05, 0.1) is 20.8 Å². The van der Waals surface area contributed by atoms with Gasteiger partial charge in [0.15, 0.2) is 12.2 Å². The van der Waals surface area contributed by atoms with Crippen LogP contribution in [0.4, 0.5) is 5.95 Å². The summed E-state index contributed by atoms with van der Waals surface area (Å²) in [6, 6.07) is 44.5. The van der Waals surface area contributed by atoms with Gasteiger partial charge >= 0.3 is 0 Å². The molecule has 0 fully saturated rings. The van der Waals surface area contributed by atoms with Gasteiger partial charge in [0, 0.05) is 32.1 Å². The van der Waals surface area contributed by atoms with Gasteiger partial charge in [-0.15, -0.1) is 0 Å². The van der Waals surface area contributed by atoms with Gasteiger partial charge in [-0.3, -0.25) is 0 Å². The number of aliphatic hydroxyl groups excluding tert-OH is 1. The van der Waals surface area contributed by atoms with Gasteiger partial charge in [0.25, 0.3) is 0 Å². The Labute approximate surface area is 305 Å². The second kappa shape index (κ2) is 16.9. The average Bonchev–Trinajstić information content (AvgIpc) is 3.21.